The minimum atomic E-state index is 0.857. The monoisotopic (exact) mass is 276 g/mol. The minimum absolute atomic E-state index is 0.857. The molecule has 0 nitrogen and oxygen atoms in total. The summed E-state index contributed by atoms with van der Waals surface area (Å²) in [7, 11) is 0. The number of rotatable bonds is 8. The fourth-order valence-corrected chi connectivity index (χ4v) is 5.99. The highest BCUT2D eigenvalue weighted by atomic mass is 14.8. The molecule has 7 atom stereocenters. The first-order valence-corrected chi connectivity index (χ1v) is 9.57. The van der Waals surface area contributed by atoms with E-state index >= 15 is 0 Å². The third kappa shape index (κ3) is 2.26. The van der Waals surface area contributed by atoms with Gasteiger partial charge in [0.1, 0.15) is 0 Å². The fourth-order valence-electron chi connectivity index (χ4n) is 5.99. The molecule has 0 aromatic carbocycles. The zero-order chi connectivity index (χ0) is 14.5. The molecule has 0 saturated heterocycles. The SMILES string of the molecule is CCCCCC(C(C)C)C1C(C2CC2CC)C12CC2C. The summed E-state index contributed by atoms with van der Waals surface area (Å²) < 4.78 is 0. The Bertz CT molecular complexity index is 344. The predicted molar refractivity (Wildman–Crippen MR) is 87.6 cm³/mol. The van der Waals surface area contributed by atoms with Gasteiger partial charge in [-0.1, -0.05) is 60.3 Å². The molecule has 0 N–H and O–H groups in total. The van der Waals surface area contributed by atoms with Crippen LogP contribution in [0.1, 0.15) is 79.6 Å². The van der Waals surface area contributed by atoms with E-state index in [1.165, 1.54) is 32.1 Å². The number of unbranched alkanes of at least 4 members (excludes halogenated alkanes) is 2. The first kappa shape index (κ1) is 14.9. The molecule has 116 valence electrons. The van der Waals surface area contributed by atoms with Crippen molar-refractivity contribution in [3.8, 4) is 0 Å². The van der Waals surface area contributed by atoms with Crippen molar-refractivity contribution in [3.63, 3.8) is 0 Å². The zero-order valence-corrected chi connectivity index (χ0v) is 14.5. The van der Waals surface area contributed by atoms with Gasteiger partial charge in [-0.2, -0.15) is 0 Å². The third-order valence-corrected chi connectivity index (χ3v) is 7.36. The van der Waals surface area contributed by atoms with Gasteiger partial charge in [0.05, 0.1) is 0 Å². The lowest BCUT2D eigenvalue weighted by atomic mass is 9.84. The van der Waals surface area contributed by atoms with Gasteiger partial charge in [-0.15, -0.1) is 0 Å². The second-order valence-corrected chi connectivity index (χ2v) is 8.74. The smallest absolute Gasteiger partial charge is 0.0201 e. The Morgan fingerprint density at radius 2 is 1.85 bits per heavy atom. The molecule has 0 aromatic heterocycles. The standard InChI is InChI=1S/C20H36/c1-6-8-9-10-16(13(3)4)18-19(17-11-15(17)7-2)20(18)12-14(20)5/h13-19H,6-12H2,1-5H3. The van der Waals surface area contributed by atoms with Crippen molar-refractivity contribution in [1.29, 1.82) is 0 Å². The van der Waals surface area contributed by atoms with E-state index < -0.39 is 0 Å². The Morgan fingerprint density at radius 1 is 1.15 bits per heavy atom. The molecule has 3 rings (SSSR count). The van der Waals surface area contributed by atoms with E-state index in [0.29, 0.717) is 0 Å². The Hall–Kier alpha value is 0. The molecule has 3 fully saturated rings. The average molecular weight is 277 g/mol. The molecule has 0 aromatic rings. The summed E-state index contributed by atoms with van der Waals surface area (Å²) in [6.07, 6.45) is 10.4. The summed E-state index contributed by atoms with van der Waals surface area (Å²) in [6, 6.07) is 0. The van der Waals surface area contributed by atoms with Gasteiger partial charge in [-0.25, -0.2) is 0 Å². The van der Waals surface area contributed by atoms with Crippen LogP contribution in [-0.2, 0) is 0 Å². The van der Waals surface area contributed by atoms with E-state index in [-0.39, 0.29) is 0 Å². The third-order valence-electron chi connectivity index (χ3n) is 7.36. The van der Waals surface area contributed by atoms with Gasteiger partial charge in [0.15, 0.2) is 0 Å². The molecule has 3 saturated carbocycles. The Morgan fingerprint density at radius 3 is 2.30 bits per heavy atom. The predicted octanol–water partition coefficient (Wildman–Crippen LogP) is 6.16. The molecule has 3 aliphatic rings. The topological polar surface area (TPSA) is 0 Å². The molecule has 0 radical (unpaired) electrons. The lowest BCUT2D eigenvalue weighted by molar-refractivity contribution is 0.277. The zero-order valence-electron chi connectivity index (χ0n) is 14.5. The Kier molecular flexibility index (Phi) is 3.97. The molecule has 3 aliphatic carbocycles. The average Bonchev–Trinajstić information content (AvgIpc) is 3.29. The molecule has 20 heavy (non-hydrogen) atoms. The molecule has 0 heteroatoms. The second-order valence-electron chi connectivity index (χ2n) is 8.74. The molecule has 0 bridgehead atoms. The first-order valence-electron chi connectivity index (χ1n) is 9.57. The van der Waals surface area contributed by atoms with Crippen molar-refractivity contribution in [1.82, 2.24) is 0 Å². The van der Waals surface area contributed by atoms with Crippen LogP contribution in [0.25, 0.3) is 0 Å². The van der Waals surface area contributed by atoms with Crippen LogP contribution in [0.2, 0.25) is 0 Å². The normalized spacial score (nSPS) is 46.8. The highest BCUT2D eigenvalue weighted by molar-refractivity contribution is 5.27. The highest BCUT2D eigenvalue weighted by Crippen LogP contribution is 2.85. The summed E-state index contributed by atoms with van der Waals surface area (Å²) in [4.78, 5) is 0. The van der Waals surface area contributed by atoms with E-state index in [1.807, 2.05) is 0 Å². The minimum Gasteiger partial charge on any atom is -0.0654 e. The molecular weight excluding hydrogens is 240 g/mol. The summed E-state index contributed by atoms with van der Waals surface area (Å²) >= 11 is 0. The second kappa shape index (κ2) is 5.33. The summed E-state index contributed by atoms with van der Waals surface area (Å²) in [5.74, 6) is 7.52. The molecule has 0 amide bonds. The largest absolute Gasteiger partial charge is 0.0654 e. The van der Waals surface area contributed by atoms with Crippen LogP contribution in [0.5, 0.6) is 0 Å². The van der Waals surface area contributed by atoms with Crippen molar-refractivity contribution < 1.29 is 0 Å². The van der Waals surface area contributed by atoms with Gasteiger partial charge < -0.3 is 0 Å². The van der Waals surface area contributed by atoms with Crippen LogP contribution >= 0.6 is 0 Å². The van der Waals surface area contributed by atoms with Crippen LogP contribution in [0.15, 0.2) is 0 Å². The summed E-state index contributed by atoms with van der Waals surface area (Å²) in [5.41, 5.74) is 0.857. The lowest BCUT2D eigenvalue weighted by Crippen LogP contribution is -2.14. The maximum Gasteiger partial charge on any atom is -0.0201 e. The number of hydrogen-bond donors (Lipinski definition) is 0. The van der Waals surface area contributed by atoms with Gasteiger partial charge >= 0.3 is 0 Å². The molecule has 0 aliphatic heterocycles. The number of hydrogen-bond acceptors (Lipinski definition) is 0. The van der Waals surface area contributed by atoms with Gasteiger partial charge in [0.25, 0.3) is 0 Å². The summed E-state index contributed by atoms with van der Waals surface area (Å²) in [6.45, 7) is 12.3. The molecule has 0 heterocycles. The van der Waals surface area contributed by atoms with Gasteiger partial charge in [-0.3, -0.25) is 0 Å². The first-order chi connectivity index (χ1) is 9.57. The maximum atomic E-state index is 2.54. The van der Waals surface area contributed by atoms with Crippen LogP contribution in [0.3, 0.4) is 0 Å². The van der Waals surface area contributed by atoms with Crippen molar-refractivity contribution in [2.24, 2.45) is 46.8 Å². The Labute approximate surface area is 127 Å². The van der Waals surface area contributed by atoms with Gasteiger partial charge in [0.2, 0.25) is 0 Å². The summed E-state index contributed by atoms with van der Waals surface area (Å²) in [5, 5.41) is 0. The van der Waals surface area contributed by atoms with E-state index in [0.717, 1.165) is 46.8 Å². The van der Waals surface area contributed by atoms with Crippen molar-refractivity contribution in [2.45, 2.75) is 79.6 Å². The Balaban J connectivity index is 1.65. The molecule has 1 spiro atoms. The van der Waals surface area contributed by atoms with Crippen LogP contribution in [0.4, 0.5) is 0 Å². The van der Waals surface area contributed by atoms with Gasteiger partial charge in [-0.05, 0) is 66.1 Å². The van der Waals surface area contributed by atoms with Gasteiger partial charge in [0, 0.05) is 0 Å². The van der Waals surface area contributed by atoms with Crippen LogP contribution < -0.4 is 0 Å². The maximum absolute atomic E-state index is 2.54. The molecule has 7 unspecified atom stereocenters. The van der Waals surface area contributed by atoms with E-state index in [1.54, 1.807) is 12.8 Å². The van der Waals surface area contributed by atoms with Crippen molar-refractivity contribution in [3.05, 3.63) is 0 Å². The molecular formula is C20H36. The lowest BCUT2D eigenvalue weighted by Gasteiger charge is -2.22. The fraction of sp³-hybridized carbons (Fsp3) is 1.00. The van der Waals surface area contributed by atoms with Crippen LogP contribution in [0, 0.1) is 46.8 Å². The van der Waals surface area contributed by atoms with E-state index in [2.05, 4.69) is 34.6 Å². The van der Waals surface area contributed by atoms with Crippen molar-refractivity contribution in [2.75, 3.05) is 0 Å². The van der Waals surface area contributed by atoms with Crippen molar-refractivity contribution >= 4 is 0 Å². The van der Waals surface area contributed by atoms with Crippen LogP contribution in [-0.4, -0.2) is 0 Å². The van der Waals surface area contributed by atoms with E-state index in [4.69, 9.17) is 0 Å². The quantitative estimate of drug-likeness (QED) is 0.466. The highest BCUT2D eigenvalue weighted by Gasteiger charge is 2.80. The van der Waals surface area contributed by atoms with E-state index in [9.17, 15) is 0 Å².